The summed E-state index contributed by atoms with van der Waals surface area (Å²) >= 11 is 0. The molecule has 0 atom stereocenters. The van der Waals surface area contributed by atoms with Crippen molar-refractivity contribution >= 4 is 17.8 Å². The number of benzene rings is 1. The van der Waals surface area contributed by atoms with Gasteiger partial charge in [0.25, 0.3) is 0 Å². The molecule has 2 aromatic rings. The molecule has 0 aliphatic carbocycles. The van der Waals surface area contributed by atoms with Crippen LogP contribution in [0.4, 0.5) is 22.2 Å². The van der Waals surface area contributed by atoms with Crippen molar-refractivity contribution in [1.29, 1.82) is 0 Å². The van der Waals surface area contributed by atoms with E-state index < -0.39 is 0 Å². The maximum Gasteiger partial charge on any atom is 0.243 e. The Kier molecular flexibility index (Phi) is 4.83. The predicted octanol–water partition coefficient (Wildman–Crippen LogP) is 1.02. The van der Waals surface area contributed by atoms with E-state index in [1.54, 1.807) is 11.0 Å². The van der Waals surface area contributed by atoms with Crippen molar-refractivity contribution in [3.05, 3.63) is 35.6 Å². The van der Waals surface area contributed by atoms with Gasteiger partial charge in [0.15, 0.2) is 0 Å². The van der Waals surface area contributed by atoms with Gasteiger partial charge in [-0.25, -0.2) is 10.2 Å². The number of hydrazine groups is 1. The van der Waals surface area contributed by atoms with Gasteiger partial charge in [-0.1, -0.05) is 12.1 Å². The SMILES string of the molecule is CN(C)c1nc(NN)nc(NCCc2cccc(F)c2)n1. The third-order valence-electron chi connectivity index (χ3n) is 2.74. The Balaban J connectivity index is 2.01. The van der Waals surface area contributed by atoms with Gasteiger partial charge in [0.05, 0.1) is 0 Å². The minimum absolute atomic E-state index is 0.239. The first kappa shape index (κ1) is 14.9. The molecule has 7 nitrogen and oxygen atoms in total. The number of nitrogen functional groups attached to an aromatic ring is 1. The maximum atomic E-state index is 13.1. The fourth-order valence-corrected chi connectivity index (χ4v) is 1.72. The van der Waals surface area contributed by atoms with Gasteiger partial charge in [-0.3, -0.25) is 5.43 Å². The van der Waals surface area contributed by atoms with Crippen LogP contribution in [-0.4, -0.2) is 35.6 Å². The number of halogens is 1. The Bertz CT molecular complexity index is 603. The first-order valence-corrected chi connectivity index (χ1v) is 6.47. The normalized spacial score (nSPS) is 10.3. The van der Waals surface area contributed by atoms with E-state index in [2.05, 4.69) is 25.7 Å². The fourth-order valence-electron chi connectivity index (χ4n) is 1.72. The van der Waals surface area contributed by atoms with E-state index in [-0.39, 0.29) is 11.8 Å². The molecule has 1 heterocycles. The van der Waals surface area contributed by atoms with Crippen molar-refractivity contribution in [3.8, 4) is 0 Å². The second kappa shape index (κ2) is 6.80. The second-order valence-electron chi connectivity index (χ2n) is 4.63. The Hall–Kier alpha value is -2.48. The minimum atomic E-state index is -0.239. The van der Waals surface area contributed by atoms with Crippen LogP contribution in [0.2, 0.25) is 0 Å². The molecule has 1 aromatic heterocycles. The molecule has 4 N–H and O–H groups in total. The molecule has 0 spiro atoms. The van der Waals surface area contributed by atoms with Crippen molar-refractivity contribution in [1.82, 2.24) is 15.0 Å². The second-order valence-corrected chi connectivity index (χ2v) is 4.63. The van der Waals surface area contributed by atoms with Crippen molar-refractivity contribution in [3.63, 3.8) is 0 Å². The lowest BCUT2D eigenvalue weighted by atomic mass is 10.1. The van der Waals surface area contributed by atoms with Crippen LogP contribution in [0.3, 0.4) is 0 Å². The van der Waals surface area contributed by atoms with E-state index in [1.807, 2.05) is 20.2 Å². The predicted molar refractivity (Wildman–Crippen MR) is 80.6 cm³/mol. The number of rotatable bonds is 6. The van der Waals surface area contributed by atoms with Gasteiger partial charge >= 0.3 is 0 Å². The number of nitrogens with zero attached hydrogens (tertiary/aromatic N) is 4. The van der Waals surface area contributed by atoms with Gasteiger partial charge in [-0.2, -0.15) is 15.0 Å². The molecule has 1 aromatic carbocycles. The summed E-state index contributed by atoms with van der Waals surface area (Å²) < 4.78 is 13.1. The average Bonchev–Trinajstić information content (AvgIpc) is 2.47. The molecule has 2 rings (SSSR count). The third-order valence-corrected chi connectivity index (χ3v) is 2.74. The van der Waals surface area contributed by atoms with Crippen LogP contribution in [0.5, 0.6) is 0 Å². The Morgan fingerprint density at radius 1 is 1.19 bits per heavy atom. The van der Waals surface area contributed by atoms with E-state index in [4.69, 9.17) is 5.84 Å². The van der Waals surface area contributed by atoms with Gasteiger partial charge in [-0.15, -0.1) is 0 Å². The van der Waals surface area contributed by atoms with Crippen molar-refractivity contribution in [2.45, 2.75) is 6.42 Å². The monoisotopic (exact) mass is 291 g/mol. The molecule has 0 amide bonds. The summed E-state index contributed by atoms with van der Waals surface area (Å²) in [4.78, 5) is 14.2. The molecule has 0 fully saturated rings. The summed E-state index contributed by atoms with van der Waals surface area (Å²) in [5.41, 5.74) is 3.30. The van der Waals surface area contributed by atoms with E-state index in [0.29, 0.717) is 24.9 Å². The first-order chi connectivity index (χ1) is 10.1. The maximum absolute atomic E-state index is 13.1. The lowest BCUT2D eigenvalue weighted by molar-refractivity contribution is 0.625. The van der Waals surface area contributed by atoms with E-state index in [1.165, 1.54) is 12.1 Å². The molecule has 0 aliphatic heterocycles. The molecule has 0 radical (unpaired) electrons. The van der Waals surface area contributed by atoms with E-state index >= 15 is 0 Å². The average molecular weight is 291 g/mol. The molecular formula is C13H18FN7. The number of nitrogens with two attached hydrogens (primary N) is 1. The highest BCUT2D eigenvalue weighted by atomic mass is 19.1. The van der Waals surface area contributed by atoms with Gasteiger partial charge < -0.3 is 10.2 Å². The van der Waals surface area contributed by atoms with Crippen molar-refractivity contribution < 1.29 is 4.39 Å². The highest BCUT2D eigenvalue weighted by Gasteiger charge is 2.07. The molecule has 0 unspecified atom stereocenters. The zero-order chi connectivity index (χ0) is 15.2. The van der Waals surface area contributed by atoms with Crippen molar-refractivity contribution in [2.24, 2.45) is 5.84 Å². The largest absolute Gasteiger partial charge is 0.354 e. The van der Waals surface area contributed by atoms with Gasteiger partial charge in [0.2, 0.25) is 17.8 Å². The third kappa shape index (κ3) is 4.25. The van der Waals surface area contributed by atoms with Gasteiger partial charge in [-0.05, 0) is 24.1 Å². The summed E-state index contributed by atoms with van der Waals surface area (Å²) in [5.74, 6) is 6.28. The molecule has 0 saturated carbocycles. The minimum Gasteiger partial charge on any atom is -0.354 e. The molecular weight excluding hydrogens is 273 g/mol. The highest BCUT2D eigenvalue weighted by molar-refractivity contribution is 5.42. The number of anilines is 3. The number of hydrogen-bond acceptors (Lipinski definition) is 7. The quantitative estimate of drug-likeness (QED) is 0.540. The van der Waals surface area contributed by atoms with Crippen LogP contribution in [0.25, 0.3) is 0 Å². The summed E-state index contributed by atoms with van der Waals surface area (Å²) in [5, 5.41) is 3.08. The van der Waals surface area contributed by atoms with Gasteiger partial charge in [0, 0.05) is 20.6 Å². The molecule has 8 heteroatoms. The topological polar surface area (TPSA) is 92.0 Å². The van der Waals surface area contributed by atoms with Crippen LogP contribution in [-0.2, 0) is 6.42 Å². The molecule has 21 heavy (non-hydrogen) atoms. The number of nitrogens with one attached hydrogen (secondary N) is 2. The zero-order valence-electron chi connectivity index (χ0n) is 12.0. The van der Waals surface area contributed by atoms with Crippen LogP contribution in [0, 0.1) is 5.82 Å². The van der Waals surface area contributed by atoms with Crippen LogP contribution in [0.1, 0.15) is 5.56 Å². The zero-order valence-corrected chi connectivity index (χ0v) is 12.0. The van der Waals surface area contributed by atoms with Gasteiger partial charge in [0.1, 0.15) is 5.82 Å². The standard InChI is InChI=1S/C13H18FN7/c1-21(2)13-18-11(17-12(19-13)20-15)16-7-6-9-4-3-5-10(14)8-9/h3-5,8H,6-7,15H2,1-2H3,(H2,16,17,18,19,20). The number of aromatic nitrogens is 3. The summed E-state index contributed by atoms with van der Waals surface area (Å²) in [6.45, 7) is 0.574. The Labute approximate surface area is 122 Å². The molecule has 0 saturated heterocycles. The first-order valence-electron chi connectivity index (χ1n) is 6.47. The highest BCUT2D eigenvalue weighted by Crippen LogP contribution is 2.11. The lowest BCUT2D eigenvalue weighted by Gasteiger charge is -2.13. The molecule has 0 aliphatic rings. The van der Waals surface area contributed by atoms with Crippen LogP contribution in [0.15, 0.2) is 24.3 Å². The van der Waals surface area contributed by atoms with Crippen molar-refractivity contribution in [2.75, 3.05) is 36.3 Å². The van der Waals surface area contributed by atoms with E-state index in [0.717, 1.165) is 5.56 Å². The number of hydrogen-bond donors (Lipinski definition) is 3. The van der Waals surface area contributed by atoms with Crippen LogP contribution < -0.4 is 21.5 Å². The molecule has 112 valence electrons. The molecule has 0 bridgehead atoms. The lowest BCUT2D eigenvalue weighted by Crippen LogP contribution is -2.19. The Morgan fingerprint density at radius 3 is 2.62 bits per heavy atom. The van der Waals surface area contributed by atoms with Crippen LogP contribution >= 0.6 is 0 Å². The Morgan fingerprint density at radius 2 is 1.95 bits per heavy atom. The summed E-state index contributed by atoms with van der Waals surface area (Å²) in [6.07, 6.45) is 0.659. The summed E-state index contributed by atoms with van der Waals surface area (Å²) in [6, 6.07) is 6.49. The van der Waals surface area contributed by atoms with E-state index in [9.17, 15) is 4.39 Å². The summed E-state index contributed by atoms with van der Waals surface area (Å²) in [7, 11) is 3.65. The smallest absolute Gasteiger partial charge is 0.243 e. The fraction of sp³-hybridized carbons (Fsp3) is 0.308.